The van der Waals surface area contributed by atoms with E-state index in [1.54, 1.807) is 11.9 Å². The van der Waals surface area contributed by atoms with Gasteiger partial charge in [-0.1, -0.05) is 0 Å². The van der Waals surface area contributed by atoms with Crippen LogP contribution >= 0.6 is 0 Å². The highest BCUT2D eigenvalue weighted by Gasteiger charge is 2.23. The number of aliphatic hydroxyl groups is 1. The number of piperidine rings is 1. The lowest BCUT2D eigenvalue weighted by Crippen LogP contribution is -2.42. The van der Waals surface area contributed by atoms with E-state index in [0.29, 0.717) is 6.54 Å². The van der Waals surface area contributed by atoms with Gasteiger partial charge in [-0.05, 0) is 19.4 Å². The Morgan fingerprint density at radius 3 is 3.00 bits per heavy atom. The summed E-state index contributed by atoms with van der Waals surface area (Å²) in [4.78, 5) is 13.3. The average Bonchev–Trinajstić information content (AvgIpc) is 2.18. The molecule has 4 heteroatoms. The maximum absolute atomic E-state index is 11.7. The number of nitrogens with one attached hydrogen (secondary N) is 1. The molecule has 76 valence electrons. The molecule has 0 aromatic carbocycles. The molecule has 0 saturated carbocycles. The highest BCUT2D eigenvalue weighted by molar-refractivity contribution is 5.78. The molecule has 1 amide bonds. The van der Waals surface area contributed by atoms with Crippen LogP contribution in [0.1, 0.15) is 12.8 Å². The molecule has 0 aromatic rings. The van der Waals surface area contributed by atoms with Gasteiger partial charge in [0.05, 0.1) is 12.5 Å². The van der Waals surface area contributed by atoms with Crippen molar-refractivity contribution in [2.45, 2.75) is 12.8 Å². The Bertz CT molecular complexity index is 167. The van der Waals surface area contributed by atoms with Gasteiger partial charge in [-0.2, -0.15) is 0 Å². The van der Waals surface area contributed by atoms with Crippen LogP contribution in [0.25, 0.3) is 0 Å². The largest absolute Gasteiger partial charge is 0.395 e. The molecule has 0 spiro atoms. The van der Waals surface area contributed by atoms with Crippen LogP contribution in [0, 0.1) is 5.92 Å². The average molecular weight is 186 g/mol. The molecule has 0 aromatic heterocycles. The molecule has 0 aliphatic carbocycles. The minimum atomic E-state index is 0.0440. The molecule has 2 N–H and O–H groups in total. The Balaban J connectivity index is 2.36. The molecule has 1 saturated heterocycles. The van der Waals surface area contributed by atoms with E-state index < -0.39 is 0 Å². The first kappa shape index (κ1) is 10.5. The van der Waals surface area contributed by atoms with Gasteiger partial charge in [-0.3, -0.25) is 4.79 Å². The molecule has 1 aliphatic rings. The number of amides is 1. The van der Waals surface area contributed by atoms with Crippen molar-refractivity contribution in [3.8, 4) is 0 Å². The fourth-order valence-electron chi connectivity index (χ4n) is 1.63. The van der Waals surface area contributed by atoms with E-state index in [0.717, 1.165) is 25.9 Å². The molecule has 4 nitrogen and oxygen atoms in total. The summed E-state index contributed by atoms with van der Waals surface area (Å²) in [7, 11) is 1.74. The van der Waals surface area contributed by atoms with Crippen molar-refractivity contribution in [2.24, 2.45) is 5.92 Å². The SMILES string of the molecule is CN(CCO)C(=O)[C@H]1CCCNC1. The molecule has 1 heterocycles. The van der Waals surface area contributed by atoms with Crippen LogP contribution in [0.5, 0.6) is 0 Å². The molecule has 0 unspecified atom stereocenters. The van der Waals surface area contributed by atoms with E-state index in [-0.39, 0.29) is 18.4 Å². The number of carbonyl (C=O) groups excluding carboxylic acids is 1. The van der Waals surface area contributed by atoms with Crippen molar-refractivity contribution < 1.29 is 9.90 Å². The van der Waals surface area contributed by atoms with Gasteiger partial charge in [0.15, 0.2) is 0 Å². The van der Waals surface area contributed by atoms with E-state index in [9.17, 15) is 4.79 Å². The van der Waals surface area contributed by atoms with Gasteiger partial charge in [0.2, 0.25) is 5.91 Å². The van der Waals surface area contributed by atoms with E-state index >= 15 is 0 Å². The second-order valence-electron chi connectivity index (χ2n) is 3.53. The van der Waals surface area contributed by atoms with Crippen LogP contribution < -0.4 is 5.32 Å². The standard InChI is InChI=1S/C9H18N2O2/c1-11(5-6-12)9(13)8-3-2-4-10-7-8/h8,10,12H,2-7H2,1H3/t8-/m0/s1. The van der Waals surface area contributed by atoms with Crippen molar-refractivity contribution in [3.63, 3.8) is 0 Å². The zero-order valence-electron chi connectivity index (χ0n) is 8.12. The van der Waals surface area contributed by atoms with Gasteiger partial charge in [0, 0.05) is 20.1 Å². The number of hydrogen-bond donors (Lipinski definition) is 2. The summed E-state index contributed by atoms with van der Waals surface area (Å²) in [6, 6.07) is 0. The molecule has 0 radical (unpaired) electrons. The fourth-order valence-corrected chi connectivity index (χ4v) is 1.63. The summed E-state index contributed by atoms with van der Waals surface area (Å²) in [5.41, 5.74) is 0. The quantitative estimate of drug-likeness (QED) is 0.621. The van der Waals surface area contributed by atoms with Gasteiger partial charge in [0.1, 0.15) is 0 Å². The molecule has 1 aliphatic heterocycles. The second kappa shape index (κ2) is 5.19. The van der Waals surface area contributed by atoms with Crippen LogP contribution in [0.4, 0.5) is 0 Å². The molecule has 1 atom stereocenters. The number of hydrogen-bond acceptors (Lipinski definition) is 3. The normalized spacial score (nSPS) is 22.8. The third-order valence-electron chi connectivity index (χ3n) is 2.46. The second-order valence-corrected chi connectivity index (χ2v) is 3.53. The van der Waals surface area contributed by atoms with Gasteiger partial charge < -0.3 is 15.3 Å². The van der Waals surface area contributed by atoms with Crippen LogP contribution in [-0.4, -0.2) is 49.2 Å². The molecule has 0 bridgehead atoms. The first-order chi connectivity index (χ1) is 6.25. The Hall–Kier alpha value is -0.610. The van der Waals surface area contributed by atoms with Gasteiger partial charge in [-0.15, -0.1) is 0 Å². The maximum Gasteiger partial charge on any atom is 0.226 e. The smallest absolute Gasteiger partial charge is 0.226 e. The summed E-state index contributed by atoms with van der Waals surface area (Å²) in [6.45, 7) is 2.29. The minimum absolute atomic E-state index is 0.0440. The van der Waals surface area contributed by atoms with Crippen LogP contribution in [-0.2, 0) is 4.79 Å². The summed E-state index contributed by atoms with van der Waals surface area (Å²) in [5.74, 6) is 0.270. The number of nitrogens with zero attached hydrogens (tertiary/aromatic N) is 1. The summed E-state index contributed by atoms with van der Waals surface area (Å²) in [6.07, 6.45) is 2.05. The first-order valence-corrected chi connectivity index (χ1v) is 4.82. The van der Waals surface area contributed by atoms with Crippen molar-refractivity contribution in [1.29, 1.82) is 0 Å². The predicted molar refractivity (Wildman–Crippen MR) is 50.3 cm³/mol. The Labute approximate surface area is 78.9 Å². The number of carbonyl (C=O) groups is 1. The molecular weight excluding hydrogens is 168 g/mol. The third kappa shape index (κ3) is 2.97. The highest BCUT2D eigenvalue weighted by atomic mass is 16.3. The zero-order chi connectivity index (χ0) is 9.68. The van der Waals surface area contributed by atoms with Crippen LogP contribution in [0.15, 0.2) is 0 Å². The number of likely N-dealkylation sites (N-methyl/N-ethyl adjacent to an activating group) is 1. The van der Waals surface area contributed by atoms with Crippen molar-refractivity contribution in [1.82, 2.24) is 10.2 Å². The zero-order valence-corrected chi connectivity index (χ0v) is 8.12. The topological polar surface area (TPSA) is 52.6 Å². The van der Waals surface area contributed by atoms with E-state index in [1.165, 1.54) is 0 Å². The summed E-state index contributed by atoms with van der Waals surface area (Å²) in [5, 5.41) is 11.9. The Kier molecular flexibility index (Phi) is 4.18. The molecule has 1 fully saturated rings. The van der Waals surface area contributed by atoms with Gasteiger partial charge >= 0.3 is 0 Å². The van der Waals surface area contributed by atoms with E-state index in [4.69, 9.17) is 5.11 Å². The Morgan fingerprint density at radius 1 is 1.69 bits per heavy atom. The lowest BCUT2D eigenvalue weighted by molar-refractivity contribution is -0.135. The van der Waals surface area contributed by atoms with Gasteiger partial charge in [-0.25, -0.2) is 0 Å². The van der Waals surface area contributed by atoms with Crippen molar-refractivity contribution in [2.75, 3.05) is 33.3 Å². The van der Waals surface area contributed by atoms with Crippen molar-refractivity contribution in [3.05, 3.63) is 0 Å². The fraction of sp³-hybridized carbons (Fsp3) is 0.889. The molecular formula is C9H18N2O2. The lowest BCUT2D eigenvalue weighted by Gasteiger charge is -2.26. The third-order valence-corrected chi connectivity index (χ3v) is 2.46. The summed E-state index contributed by atoms with van der Waals surface area (Å²) < 4.78 is 0. The lowest BCUT2D eigenvalue weighted by atomic mass is 9.98. The summed E-state index contributed by atoms with van der Waals surface area (Å²) >= 11 is 0. The van der Waals surface area contributed by atoms with E-state index in [2.05, 4.69) is 5.32 Å². The highest BCUT2D eigenvalue weighted by Crippen LogP contribution is 2.12. The first-order valence-electron chi connectivity index (χ1n) is 4.82. The molecule has 1 rings (SSSR count). The van der Waals surface area contributed by atoms with E-state index in [1.807, 2.05) is 0 Å². The monoisotopic (exact) mass is 186 g/mol. The Morgan fingerprint density at radius 2 is 2.46 bits per heavy atom. The van der Waals surface area contributed by atoms with Crippen LogP contribution in [0.3, 0.4) is 0 Å². The predicted octanol–water partition coefficient (Wildman–Crippen LogP) is -0.563. The van der Waals surface area contributed by atoms with Crippen LogP contribution in [0.2, 0.25) is 0 Å². The maximum atomic E-state index is 11.7. The number of rotatable bonds is 3. The van der Waals surface area contributed by atoms with Gasteiger partial charge in [0.25, 0.3) is 0 Å². The minimum Gasteiger partial charge on any atom is -0.395 e. The van der Waals surface area contributed by atoms with Crippen molar-refractivity contribution >= 4 is 5.91 Å². The number of aliphatic hydroxyl groups excluding tert-OH is 1. The molecule has 13 heavy (non-hydrogen) atoms.